The van der Waals surface area contributed by atoms with Crippen LogP contribution in [0.5, 0.6) is 0 Å². The quantitative estimate of drug-likeness (QED) is 0.773. The van der Waals surface area contributed by atoms with Gasteiger partial charge in [0.25, 0.3) is 5.91 Å². The van der Waals surface area contributed by atoms with E-state index in [1.54, 1.807) is 13.8 Å². The second-order valence-electron chi connectivity index (χ2n) is 5.93. The lowest BCUT2D eigenvalue weighted by Crippen LogP contribution is -2.14. The first kappa shape index (κ1) is 19.7. The number of ether oxygens (including phenoxy) is 1. The van der Waals surface area contributed by atoms with Gasteiger partial charge < -0.3 is 15.4 Å². The summed E-state index contributed by atoms with van der Waals surface area (Å²) in [5.41, 5.74) is 3.37. The summed E-state index contributed by atoms with van der Waals surface area (Å²) in [7, 11) is 1.26. The molecule has 2 amide bonds. The molecule has 0 fully saturated rings. The van der Waals surface area contributed by atoms with E-state index in [4.69, 9.17) is 4.74 Å². The lowest BCUT2D eigenvalue weighted by molar-refractivity contribution is -0.115. The third-order valence-electron chi connectivity index (χ3n) is 3.96. The topological polar surface area (TPSA) is 84.5 Å². The van der Waals surface area contributed by atoms with Crippen molar-refractivity contribution >= 4 is 39.8 Å². The molecule has 7 heteroatoms. The Morgan fingerprint density at radius 3 is 2.42 bits per heavy atom. The highest BCUT2D eigenvalue weighted by atomic mass is 32.1. The maximum atomic E-state index is 12.8. The van der Waals surface area contributed by atoms with Gasteiger partial charge >= 0.3 is 5.97 Å². The lowest BCUT2D eigenvalue weighted by atomic mass is 10.1. The molecule has 0 radical (unpaired) electrons. The van der Waals surface area contributed by atoms with Gasteiger partial charge in [0.1, 0.15) is 5.00 Å². The molecule has 0 saturated heterocycles. The van der Waals surface area contributed by atoms with Crippen LogP contribution in [0.1, 0.15) is 50.1 Å². The third-order valence-corrected chi connectivity index (χ3v) is 5.16. The number of amides is 2. The number of nitrogens with one attached hydrogen (secondary N) is 2. The van der Waals surface area contributed by atoms with Gasteiger partial charge in [0.15, 0.2) is 0 Å². The molecule has 1 heterocycles. The van der Waals surface area contributed by atoms with Gasteiger partial charge in [-0.2, -0.15) is 0 Å². The van der Waals surface area contributed by atoms with E-state index in [2.05, 4.69) is 10.6 Å². The Labute approximate surface area is 156 Å². The summed E-state index contributed by atoms with van der Waals surface area (Å²) in [6, 6.07) is 5.78. The first-order chi connectivity index (χ1) is 12.3. The fourth-order valence-corrected chi connectivity index (χ4v) is 3.54. The van der Waals surface area contributed by atoms with Gasteiger partial charge in [-0.25, -0.2) is 4.79 Å². The minimum Gasteiger partial charge on any atom is -0.465 e. The standard InChI is InChI=1S/C19H22N2O4S/c1-6-14(22)21-18-15(19(24)25-5)12(4)16(26-18)17(23)20-13-9-10(2)7-8-11(13)3/h7-9H,6H2,1-5H3,(H,20,23)(H,21,22). The smallest absolute Gasteiger partial charge is 0.341 e. The molecule has 26 heavy (non-hydrogen) atoms. The number of rotatable bonds is 5. The number of anilines is 2. The predicted octanol–water partition coefficient (Wildman–Crippen LogP) is 4.06. The Bertz CT molecular complexity index is 871. The molecule has 138 valence electrons. The van der Waals surface area contributed by atoms with Crippen molar-refractivity contribution in [2.24, 2.45) is 0 Å². The molecule has 0 atom stereocenters. The molecule has 0 aliphatic rings. The van der Waals surface area contributed by atoms with Crippen LogP contribution in [0.3, 0.4) is 0 Å². The number of methoxy groups -OCH3 is 1. The fraction of sp³-hybridized carbons (Fsp3) is 0.316. The van der Waals surface area contributed by atoms with Crippen molar-refractivity contribution in [2.75, 3.05) is 17.7 Å². The Hall–Kier alpha value is -2.67. The van der Waals surface area contributed by atoms with Gasteiger partial charge in [0.05, 0.1) is 17.6 Å². The molecule has 0 bridgehead atoms. The van der Waals surface area contributed by atoms with E-state index in [0.29, 0.717) is 21.1 Å². The number of thiophene rings is 1. The van der Waals surface area contributed by atoms with E-state index >= 15 is 0 Å². The molecule has 0 aliphatic heterocycles. The van der Waals surface area contributed by atoms with Crippen LogP contribution in [0.4, 0.5) is 10.7 Å². The number of esters is 1. The van der Waals surface area contributed by atoms with Crippen LogP contribution in [-0.4, -0.2) is 24.9 Å². The summed E-state index contributed by atoms with van der Waals surface area (Å²) >= 11 is 1.07. The molecule has 0 aliphatic carbocycles. The van der Waals surface area contributed by atoms with E-state index in [9.17, 15) is 14.4 Å². The molecular weight excluding hydrogens is 352 g/mol. The number of hydrogen-bond donors (Lipinski definition) is 2. The van der Waals surface area contributed by atoms with Crippen LogP contribution in [0.2, 0.25) is 0 Å². The average Bonchev–Trinajstić information content (AvgIpc) is 2.93. The molecule has 0 unspecified atom stereocenters. The van der Waals surface area contributed by atoms with Crippen molar-refractivity contribution in [3.05, 3.63) is 45.3 Å². The molecule has 0 saturated carbocycles. The molecular formula is C19H22N2O4S. The summed E-state index contributed by atoms with van der Waals surface area (Å²) in [4.78, 5) is 37.0. The SMILES string of the molecule is CCC(=O)Nc1sc(C(=O)Nc2cc(C)ccc2C)c(C)c1C(=O)OC. The average molecular weight is 374 g/mol. The summed E-state index contributed by atoms with van der Waals surface area (Å²) in [6.45, 7) is 7.23. The molecule has 2 aromatic rings. The fourth-order valence-electron chi connectivity index (χ4n) is 2.43. The van der Waals surface area contributed by atoms with Crippen LogP contribution in [0.25, 0.3) is 0 Å². The first-order valence-corrected chi connectivity index (χ1v) is 9.00. The van der Waals surface area contributed by atoms with E-state index in [0.717, 1.165) is 22.5 Å². The second-order valence-corrected chi connectivity index (χ2v) is 6.95. The van der Waals surface area contributed by atoms with Crippen molar-refractivity contribution in [2.45, 2.75) is 34.1 Å². The van der Waals surface area contributed by atoms with Gasteiger partial charge in [-0.3, -0.25) is 9.59 Å². The highest BCUT2D eigenvalue weighted by Crippen LogP contribution is 2.34. The summed E-state index contributed by atoms with van der Waals surface area (Å²) in [6.07, 6.45) is 0.265. The van der Waals surface area contributed by atoms with E-state index in [1.807, 2.05) is 32.0 Å². The molecule has 0 spiro atoms. The summed E-state index contributed by atoms with van der Waals surface area (Å²) in [5.74, 6) is -1.16. The number of carbonyl (C=O) groups excluding carboxylic acids is 3. The van der Waals surface area contributed by atoms with E-state index in [1.165, 1.54) is 7.11 Å². The second kappa shape index (κ2) is 8.14. The molecule has 2 rings (SSSR count). The Morgan fingerprint density at radius 2 is 1.81 bits per heavy atom. The molecule has 6 nitrogen and oxygen atoms in total. The molecule has 1 aromatic heterocycles. The maximum absolute atomic E-state index is 12.8. The minimum absolute atomic E-state index is 0.213. The Balaban J connectivity index is 2.42. The number of carbonyl (C=O) groups is 3. The van der Waals surface area contributed by atoms with E-state index in [-0.39, 0.29) is 23.8 Å². The van der Waals surface area contributed by atoms with Gasteiger partial charge in [-0.05, 0) is 43.5 Å². The van der Waals surface area contributed by atoms with Crippen molar-refractivity contribution in [1.29, 1.82) is 0 Å². The zero-order valence-electron chi connectivity index (χ0n) is 15.5. The predicted molar refractivity (Wildman–Crippen MR) is 103 cm³/mol. The van der Waals surface area contributed by atoms with E-state index < -0.39 is 5.97 Å². The highest BCUT2D eigenvalue weighted by molar-refractivity contribution is 7.18. The largest absolute Gasteiger partial charge is 0.465 e. The van der Waals surface area contributed by atoms with Gasteiger partial charge in [-0.15, -0.1) is 11.3 Å². The number of aryl methyl sites for hydroxylation is 2. The Kier molecular flexibility index (Phi) is 6.15. The van der Waals surface area contributed by atoms with Crippen LogP contribution in [-0.2, 0) is 9.53 Å². The summed E-state index contributed by atoms with van der Waals surface area (Å²) in [5, 5.41) is 5.88. The van der Waals surface area contributed by atoms with Crippen LogP contribution < -0.4 is 10.6 Å². The van der Waals surface area contributed by atoms with Crippen molar-refractivity contribution < 1.29 is 19.1 Å². The Morgan fingerprint density at radius 1 is 1.12 bits per heavy atom. The maximum Gasteiger partial charge on any atom is 0.341 e. The lowest BCUT2D eigenvalue weighted by Gasteiger charge is -2.09. The van der Waals surface area contributed by atoms with Crippen LogP contribution in [0, 0.1) is 20.8 Å². The minimum atomic E-state index is -0.587. The van der Waals surface area contributed by atoms with Crippen LogP contribution in [0.15, 0.2) is 18.2 Å². The van der Waals surface area contributed by atoms with Crippen molar-refractivity contribution in [3.63, 3.8) is 0 Å². The van der Waals surface area contributed by atoms with Crippen LogP contribution >= 0.6 is 11.3 Å². The first-order valence-electron chi connectivity index (χ1n) is 8.18. The monoisotopic (exact) mass is 374 g/mol. The molecule has 2 N–H and O–H groups in total. The number of benzene rings is 1. The van der Waals surface area contributed by atoms with Gasteiger partial charge in [-0.1, -0.05) is 19.1 Å². The van der Waals surface area contributed by atoms with Gasteiger partial charge in [0.2, 0.25) is 5.91 Å². The van der Waals surface area contributed by atoms with Gasteiger partial charge in [0, 0.05) is 12.1 Å². The molecule has 1 aromatic carbocycles. The van der Waals surface area contributed by atoms with Crippen molar-refractivity contribution in [1.82, 2.24) is 0 Å². The highest BCUT2D eigenvalue weighted by Gasteiger charge is 2.26. The normalized spacial score (nSPS) is 10.3. The third kappa shape index (κ3) is 4.11. The zero-order valence-corrected chi connectivity index (χ0v) is 16.3. The zero-order chi connectivity index (χ0) is 19.4. The summed E-state index contributed by atoms with van der Waals surface area (Å²) < 4.78 is 4.80. The number of hydrogen-bond acceptors (Lipinski definition) is 5. The van der Waals surface area contributed by atoms with Crippen molar-refractivity contribution in [3.8, 4) is 0 Å².